The highest BCUT2D eigenvalue weighted by atomic mass is 32.1. The van der Waals surface area contributed by atoms with Crippen LogP contribution >= 0.6 is 11.3 Å². The van der Waals surface area contributed by atoms with Crippen LogP contribution in [0.2, 0.25) is 0 Å². The lowest BCUT2D eigenvalue weighted by Gasteiger charge is -2.04. The highest BCUT2D eigenvalue weighted by Crippen LogP contribution is 2.23. The SMILES string of the molecule is CCOc1ccc2c(c1)sc(=NC(=O)c1ccc(C)cc1C)n2CC. The number of hydrogen-bond donors (Lipinski definition) is 0. The van der Waals surface area contributed by atoms with E-state index in [-0.39, 0.29) is 5.91 Å². The smallest absolute Gasteiger partial charge is 0.279 e. The quantitative estimate of drug-likeness (QED) is 0.693. The van der Waals surface area contributed by atoms with Gasteiger partial charge in [0.15, 0.2) is 4.80 Å². The van der Waals surface area contributed by atoms with E-state index in [0.717, 1.165) is 38.4 Å². The first kappa shape index (κ1) is 17.4. The molecule has 0 fully saturated rings. The van der Waals surface area contributed by atoms with Gasteiger partial charge < -0.3 is 9.30 Å². The Balaban J connectivity index is 2.10. The van der Waals surface area contributed by atoms with Gasteiger partial charge >= 0.3 is 0 Å². The number of rotatable bonds is 4. The number of carbonyl (C=O) groups is 1. The molecule has 4 nitrogen and oxygen atoms in total. The molecule has 0 aliphatic carbocycles. The maximum Gasteiger partial charge on any atom is 0.279 e. The fourth-order valence-corrected chi connectivity index (χ4v) is 4.02. The maximum absolute atomic E-state index is 12.7. The zero-order valence-electron chi connectivity index (χ0n) is 15.0. The molecule has 0 saturated carbocycles. The first-order valence-corrected chi connectivity index (χ1v) is 9.27. The Kier molecular flexibility index (Phi) is 5.04. The Morgan fingerprint density at radius 3 is 2.64 bits per heavy atom. The van der Waals surface area contributed by atoms with Crippen LogP contribution in [0.1, 0.15) is 35.3 Å². The molecule has 0 saturated heterocycles. The molecule has 3 aromatic rings. The molecule has 1 heterocycles. The number of fused-ring (bicyclic) bond motifs is 1. The predicted molar refractivity (Wildman–Crippen MR) is 102 cm³/mol. The third-order valence-electron chi connectivity index (χ3n) is 4.09. The van der Waals surface area contributed by atoms with Crippen molar-refractivity contribution in [1.82, 2.24) is 4.57 Å². The third kappa shape index (κ3) is 3.51. The van der Waals surface area contributed by atoms with E-state index in [1.807, 2.05) is 57.2 Å². The zero-order valence-corrected chi connectivity index (χ0v) is 15.8. The molecule has 5 heteroatoms. The standard InChI is InChI=1S/C20H22N2O2S/c1-5-22-17-10-8-15(24-6-2)12-18(17)25-20(22)21-19(23)16-9-7-13(3)11-14(16)4/h7-12H,5-6H2,1-4H3. The number of benzene rings is 2. The number of nitrogens with zero attached hydrogens (tertiary/aromatic N) is 2. The summed E-state index contributed by atoms with van der Waals surface area (Å²) in [4.78, 5) is 17.8. The van der Waals surface area contributed by atoms with E-state index >= 15 is 0 Å². The van der Waals surface area contributed by atoms with Gasteiger partial charge in [-0.3, -0.25) is 4.79 Å². The van der Waals surface area contributed by atoms with Crippen molar-refractivity contribution in [2.45, 2.75) is 34.2 Å². The van der Waals surface area contributed by atoms with Gasteiger partial charge in [-0.25, -0.2) is 0 Å². The summed E-state index contributed by atoms with van der Waals surface area (Å²) in [7, 11) is 0. The molecule has 0 aliphatic rings. The molecule has 0 N–H and O–H groups in total. The Morgan fingerprint density at radius 2 is 1.96 bits per heavy atom. The molecule has 1 aromatic heterocycles. The van der Waals surface area contributed by atoms with Crippen LogP contribution in [-0.4, -0.2) is 17.1 Å². The molecule has 0 unspecified atom stereocenters. The van der Waals surface area contributed by atoms with E-state index < -0.39 is 0 Å². The Bertz CT molecular complexity index is 999. The second-order valence-electron chi connectivity index (χ2n) is 5.93. The van der Waals surface area contributed by atoms with Crippen LogP contribution in [0.25, 0.3) is 10.2 Å². The summed E-state index contributed by atoms with van der Waals surface area (Å²) in [5, 5.41) is 0. The number of aromatic nitrogens is 1. The molecular weight excluding hydrogens is 332 g/mol. The van der Waals surface area contributed by atoms with E-state index in [0.29, 0.717) is 12.2 Å². The van der Waals surface area contributed by atoms with Crippen LogP contribution in [-0.2, 0) is 6.54 Å². The molecule has 1 amide bonds. The third-order valence-corrected chi connectivity index (χ3v) is 5.13. The van der Waals surface area contributed by atoms with Crippen LogP contribution in [0.15, 0.2) is 41.4 Å². The first-order chi connectivity index (χ1) is 12.0. The molecule has 25 heavy (non-hydrogen) atoms. The largest absolute Gasteiger partial charge is 0.494 e. The van der Waals surface area contributed by atoms with Crippen LogP contribution < -0.4 is 9.54 Å². The van der Waals surface area contributed by atoms with E-state index in [2.05, 4.69) is 16.5 Å². The van der Waals surface area contributed by atoms with E-state index in [1.54, 1.807) is 0 Å². The topological polar surface area (TPSA) is 43.6 Å². The number of thiazole rings is 1. The minimum atomic E-state index is -0.198. The van der Waals surface area contributed by atoms with Crippen LogP contribution in [0, 0.1) is 13.8 Å². The highest BCUT2D eigenvalue weighted by molar-refractivity contribution is 7.16. The predicted octanol–water partition coefficient (Wildman–Crippen LogP) is 4.48. The summed E-state index contributed by atoms with van der Waals surface area (Å²) in [6.07, 6.45) is 0. The average Bonchev–Trinajstić information content (AvgIpc) is 2.91. The number of carbonyl (C=O) groups excluding carboxylic acids is 1. The van der Waals surface area contributed by atoms with Gasteiger partial charge in [0.2, 0.25) is 0 Å². The summed E-state index contributed by atoms with van der Waals surface area (Å²) in [6, 6.07) is 11.8. The Hall–Kier alpha value is -2.40. The van der Waals surface area contributed by atoms with Crippen molar-refractivity contribution < 1.29 is 9.53 Å². The fraction of sp³-hybridized carbons (Fsp3) is 0.300. The van der Waals surface area contributed by atoms with Gasteiger partial charge in [0.05, 0.1) is 16.8 Å². The van der Waals surface area contributed by atoms with E-state index in [1.165, 1.54) is 11.3 Å². The maximum atomic E-state index is 12.7. The lowest BCUT2D eigenvalue weighted by atomic mass is 10.1. The van der Waals surface area contributed by atoms with Crippen LogP contribution in [0.3, 0.4) is 0 Å². The van der Waals surface area contributed by atoms with Gasteiger partial charge in [0, 0.05) is 12.1 Å². The molecule has 2 aromatic carbocycles. The summed E-state index contributed by atoms with van der Waals surface area (Å²) >= 11 is 1.52. The molecule has 130 valence electrons. The highest BCUT2D eigenvalue weighted by Gasteiger charge is 2.11. The lowest BCUT2D eigenvalue weighted by Crippen LogP contribution is -2.16. The normalized spacial score (nSPS) is 11.9. The summed E-state index contributed by atoms with van der Waals surface area (Å²) in [6.45, 7) is 9.38. The van der Waals surface area contributed by atoms with Crippen molar-refractivity contribution in [3.63, 3.8) is 0 Å². The number of hydrogen-bond acceptors (Lipinski definition) is 3. The number of amides is 1. The fourth-order valence-electron chi connectivity index (χ4n) is 2.90. The average molecular weight is 354 g/mol. The van der Waals surface area contributed by atoms with Crippen molar-refractivity contribution >= 4 is 27.5 Å². The summed E-state index contributed by atoms with van der Waals surface area (Å²) < 4.78 is 8.71. The van der Waals surface area contributed by atoms with Crippen molar-refractivity contribution in [2.75, 3.05) is 6.61 Å². The minimum Gasteiger partial charge on any atom is -0.494 e. The summed E-state index contributed by atoms with van der Waals surface area (Å²) in [5.74, 6) is 0.642. The van der Waals surface area contributed by atoms with Crippen molar-refractivity contribution in [2.24, 2.45) is 4.99 Å². The summed E-state index contributed by atoms with van der Waals surface area (Å²) in [5.41, 5.74) is 3.82. The molecule has 0 aliphatic heterocycles. The molecule has 0 radical (unpaired) electrons. The van der Waals surface area contributed by atoms with Crippen LogP contribution in [0.5, 0.6) is 5.75 Å². The minimum absolute atomic E-state index is 0.198. The van der Waals surface area contributed by atoms with E-state index in [9.17, 15) is 4.79 Å². The molecular formula is C20H22N2O2S. The van der Waals surface area contributed by atoms with Gasteiger partial charge in [-0.2, -0.15) is 4.99 Å². The molecule has 0 bridgehead atoms. The van der Waals surface area contributed by atoms with Crippen molar-refractivity contribution in [1.29, 1.82) is 0 Å². The van der Waals surface area contributed by atoms with Gasteiger partial charge in [0.25, 0.3) is 5.91 Å². The molecule has 0 atom stereocenters. The molecule has 3 rings (SSSR count). The number of ether oxygens (including phenoxy) is 1. The van der Waals surface area contributed by atoms with Crippen molar-refractivity contribution in [3.05, 3.63) is 57.9 Å². The second-order valence-corrected chi connectivity index (χ2v) is 6.94. The second kappa shape index (κ2) is 7.23. The van der Waals surface area contributed by atoms with Crippen molar-refractivity contribution in [3.8, 4) is 5.75 Å². The van der Waals surface area contributed by atoms with Gasteiger partial charge in [-0.05, 0) is 57.5 Å². The Labute approximate surface area is 151 Å². The first-order valence-electron chi connectivity index (χ1n) is 8.46. The number of aryl methyl sites for hydroxylation is 3. The van der Waals surface area contributed by atoms with E-state index in [4.69, 9.17) is 4.74 Å². The monoisotopic (exact) mass is 354 g/mol. The van der Waals surface area contributed by atoms with Gasteiger partial charge in [0.1, 0.15) is 5.75 Å². The lowest BCUT2D eigenvalue weighted by molar-refractivity contribution is 0.0997. The van der Waals surface area contributed by atoms with Gasteiger partial charge in [-0.15, -0.1) is 0 Å². The molecule has 0 spiro atoms. The van der Waals surface area contributed by atoms with Crippen LogP contribution in [0.4, 0.5) is 0 Å². The van der Waals surface area contributed by atoms with Gasteiger partial charge in [-0.1, -0.05) is 29.0 Å². The Morgan fingerprint density at radius 1 is 1.16 bits per heavy atom. The zero-order chi connectivity index (χ0) is 18.0.